The van der Waals surface area contributed by atoms with Crippen LogP contribution in [0.3, 0.4) is 0 Å². The molecule has 0 amide bonds. The van der Waals surface area contributed by atoms with Gasteiger partial charge < -0.3 is 29.4 Å². The van der Waals surface area contributed by atoms with Crippen LogP contribution in [0.2, 0.25) is 10.0 Å². The van der Waals surface area contributed by atoms with Crippen LogP contribution in [0.15, 0.2) is 67.0 Å². The second kappa shape index (κ2) is 16.1. The van der Waals surface area contributed by atoms with Gasteiger partial charge in [-0.3, -0.25) is 5.32 Å². The normalized spacial score (nSPS) is 12.5. The van der Waals surface area contributed by atoms with Gasteiger partial charge in [-0.1, -0.05) is 59.6 Å². The van der Waals surface area contributed by atoms with E-state index in [2.05, 4.69) is 5.32 Å². The summed E-state index contributed by atoms with van der Waals surface area (Å²) in [6, 6.07) is 15.6. The summed E-state index contributed by atoms with van der Waals surface area (Å²) in [7, 11) is 6.83. The Morgan fingerprint density at radius 3 is 2.28 bits per heavy atom. The molecule has 4 aromatic rings. The zero-order valence-corrected chi connectivity index (χ0v) is 28.1. The molecule has 2 atom stereocenters. The Hall–Kier alpha value is -3.87. The van der Waals surface area contributed by atoms with Crippen molar-refractivity contribution in [2.45, 2.75) is 24.9 Å². The molecule has 4 rings (SSSR count). The summed E-state index contributed by atoms with van der Waals surface area (Å²) in [4.78, 5) is 28.5. The Morgan fingerprint density at radius 2 is 1.67 bits per heavy atom. The van der Waals surface area contributed by atoms with E-state index in [9.17, 15) is 19.9 Å². The summed E-state index contributed by atoms with van der Waals surface area (Å²) < 4.78 is 17.0. The van der Waals surface area contributed by atoms with Crippen molar-refractivity contribution < 1.29 is 33.6 Å². The standard InChI is InChI=1S/C33H35Cl2N3O7S/c1-37(2)12-13-45-33(41)30(20-8-6-5-7-9-20)36-17-22-15-24(31(46-22)32(39)40)23(16-25-26(34)18-38(42)19-27(25)35)21-10-11-28(43-3)29(14-21)44-4/h5-11,14-15,18-19,23,30,36H,12-13,16-17H2,1-4H3,(H,39,40)/t23-,30?/m0/s1. The molecule has 244 valence electrons. The smallest absolute Gasteiger partial charge is 0.346 e. The molecule has 0 bridgehead atoms. The van der Waals surface area contributed by atoms with Gasteiger partial charge in [-0.15, -0.1) is 11.3 Å². The van der Waals surface area contributed by atoms with Crippen molar-refractivity contribution in [3.63, 3.8) is 0 Å². The van der Waals surface area contributed by atoms with Gasteiger partial charge in [0.15, 0.2) is 23.9 Å². The summed E-state index contributed by atoms with van der Waals surface area (Å²) in [5, 5.41) is 25.9. The molecule has 0 radical (unpaired) electrons. The minimum atomic E-state index is -1.11. The lowest BCUT2D eigenvalue weighted by Gasteiger charge is -2.21. The zero-order chi connectivity index (χ0) is 33.4. The Bertz CT molecular complexity index is 1640. The second-order valence-electron chi connectivity index (χ2n) is 10.7. The number of esters is 1. The number of methoxy groups -OCH3 is 2. The van der Waals surface area contributed by atoms with E-state index in [1.54, 1.807) is 18.2 Å². The summed E-state index contributed by atoms with van der Waals surface area (Å²) in [5.41, 5.74) is 2.44. The van der Waals surface area contributed by atoms with Gasteiger partial charge in [0, 0.05) is 29.4 Å². The minimum Gasteiger partial charge on any atom is -0.619 e. The summed E-state index contributed by atoms with van der Waals surface area (Å²) >= 11 is 14.1. The average Bonchev–Trinajstić information content (AvgIpc) is 3.45. The zero-order valence-electron chi connectivity index (χ0n) is 25.8. The number of nitrogens with one attached hydrogen (secondary N) is 1. The van der Waals surface area contributed by atoms with Crippen LogP contribution in [0, 0.1) is 5.21 Å². The monoisotopic (exact) mass is 687 g/mol. The highest BCUT2D eigenvalue weighted by molar-refractivity contribution is 7.14. The van der Waals surface area contributed by atoms with Crippen molar-refractivity contribution in [1.82, 2.24) is 10.2 Å². The van der Waals surface area contributed by atoms with Crippen molar-refractivity contribution in [1.29, 1.82) is 0 Å². The van der Waals surface area contributed by atoms with E-state index < -0.39 is 23.9 Å². The fourth-order valence-corrected chi connectivity index (χ4v) is 6.58. The van der Waals surface area contributed by atoms with Crippen molar-refractivity contribution >= 4 is 46.5 Å². The van der Waals surface area contributed by atoms with Gasteiger partial charge in [0.1, 0.15) is 27.6 Å². The van der Waals surface area contributed by atoms with Crippen LogP contribution in [-0.2, 0) is 22.5 Å². The molecule has 0 spiro atoms. The number of pyridine rings is 1. The minimum absolute atomic E-state index is 0.114. The molecule has 2 N–H and O–H groups in total. The lowest BCUT2D eigenvalue weighted by atomic mass is 9.85. The van der Waals surface area contributed by atoms with Crippen molar-refractivity contribution in [2.24, 2.45) is 0 Å². The van der Waals surface area contributed by atoms with E-state index in [1.807, 2.05) is 55.4 Å². The van der Waals surface area contributed by atoms with Gasteiger partial charge in [0.2, 0.25) is 0 Å². The van der Waals surface area contributed by atoms with Crippen molar-refractivity contribution in [2.75, 3.05) is 41.5 Å². The molecular formula is C33H35Cl2N3O7S. The quantitative estimate of drug-likeness (QED) is 0.0918. The summed E-state index contributed by atoms with van der Waals surface area (Å²) in [6.45, 7) is 0.993. The van der Waals surface area contributed by atoms with E-state index in [-0.39, 0.29) is 34.5 Å². The number of hydrogen-bond acceptors (Lipinski definition) is 9. The molecule has 2 heterocycles. The molecule has 0 aliphatic rings. The number of nitrogens with zero attached hydrogens (tertiary/aromatic N) is 2. The summed E-state index contributed by atoms with van der Waals surface area (Å²) in [6.07, 6.45) is 2.59. The van der Waals surface area contributed by atoms with Crippen LogP contribution in [0.5, 0.6) is 11.5 Å². The number of hydrogen-bond donors (Lipinski definition) is 2. The first kappa shape index (κ1) is 35.0. The number of thiophene rings is 1. The number of carbonyl (C=O) groups is 2. The Morgan fingerprint density at radius 1 is 1.00 bits per heavy atom. The van der Waals surface area contributed by atoms with Gasteiger partial charge in [-0.05, 0) is 55.4 Å². The van der Waals surface area contributed by atoms with Gasteiger partial charge in [-0.25, -0.2) is 9.59 Å². The number of carboxylic acids is 1. The molecule has 0 aliphatic heterocycles. The number of halogens is 2. The lowest BCUT2D eigenvalue weighted by Crippen LogP contribution is -2.31. The molecule has 46 heavy (non-hydrogen) atoms. The van der Waals surface area contributed by atoms with Crippen LogP contribution >= 0.6 is 34.5 Å². The Balaban J connectivity index is 1.73. The molecule has 2 aromatic carbocycles. The number of carboxylic acid groups (broad SMARTS) is 1. The van der Waals surface area contributed by atoms with E-state index in [1.165, 1.54) is 26.6 Å². The SMILES string of the molecule is COc1ccc([C@H](Cc2c(Cl)c[n+]([O-])cc2Cl)c2cc(CNC(C(=O)OCCN(C)C)c3ccccc3)sc2C(=O)O)cc1OC. The molecule has 0 fully saturated rings. The first-order valence-electron chi connectivity index (χ1n) is 14.3. The van der Waals surface area contributed by atoms with Gasteiger partial charge in [-0.2, -0.15) is 4.73 Å². The average molecular weight is 689 g/mol. The van der Waals surface area contributed by atoms with Gasteiger partial charge >= 0.3 is 11.9 Å². The van der Waals surface area contributed by atoms with E-state index in [0.29, 0.717) is 38.8 Å². The highest BCUT2D eigenvalue weighted by Crippen LogP contribution is 2.41. The first-order valence-corrected chi connectivity index (χ1v) is 15.8. The number of carbonyl (C=O) groups excluding carboxylic acids is 1. The van der Waals surface area contributed by atoms with E-state index >= 15 is 0 Å². The number of rotatable bonds is 15. The van der Waals surface area contributed by atoms with Crippen LogP contribution in [0.1, 0.15) is 48.8 Å². The van der Waals surface area contributed by atoms with E-state index in [4.69, 9.17) is 37.4 Å². The van der Waals surface area contributed by atoms with Gasteiger partial charge in [0.05, 0.1) is 14.2 Å². The third-order valence-corrected chi connectivity index (χ3v) is 9.08. The number of aromatic carboxylic acids is 1. The number of aromatic nitrogens is 1. The lowest BCUT2D eigenvalue weighted by molar-refractivity contribution is -0.605. The topological polar surface area (TPSA) is 124 Å². The maximum Gasteiger partial charge on any atom is 0.346 e. The van der Waals surface area contributed by atoms with Crippen molar-refractivity contribution in [3.8, 4) is 11.5 Å². The van der Waals surface area contributed by atoms with Crippen LogP contribution in [0.4, 0.5) is 0 Å². The highest BCUT2D eigenvalue weighted by Gasteiger charge is 2.29. The van der Waals surface area contributed by atoms with Crippen molar-refractivity contribution in [3.05, 3.63) is 114 Å². The van der Waals surface area contributed by atoms with Gasteiger partial charge in [0.25, 0.3) is 0 Å². The molecule has 13 heteroatoms. The van der Waals surface area contributed by atoms with E-state index in [0.717, 1.165) is 22.5 Å². The molecular weight excluding hydrogens is 653 g/mol. The highest BCUT2D eigenvalue weighted by atomic mass is 35.5. The van der Waals surface area contributed by atoms with Crippen LogP contribution < -0.4 is 19.5 Å². The third kappa shape index (κ3) is 8.68. The van der Waals surface area contributed by atoms with Crippen LogP contribution in [0.25, 0.3) is 0 Å². The number of likely N-dealkylation sites (N-methyl/N-ethyl adjacent to an activating group) is 1. The molecule has 0 saturated carbocycles. The fourth-order valence-electron chi connectivity index (χ4n) is 4.98. The number of benzene rings is 2. The third-order valence-electron chi connectivity index (χ3n) is 7.29. The number of ether oxygens (including phenoxy) is 3. The molecule has 0 saturated heterocycles. The van der Waals surface area contributed by atoms with Crippen LogP contribution in [-0.4, -0.2) is 63.4 Å². The fraction of sp³-hybridized carbons (Fsp3) is 0.303. The molecule has 1 unspecified atom stereocenters. The maximum atomic E-state index is 13.2. The molecule has 2 aromatic heterocycles. The molecule has 0 aliphatic carbocycles. The molecule has 10 nitrogen and oxygen atoms in total. The largest absolute Gasteiger partial charge is 0.619 e. The Kier molecular flexibility index (Phi) is 12.3. The predicted octanol–water partition coefficient (Wildman–Crippen LogP) is 5.71. The second-order valence-corrected chi connectivity index (χ2v) is 12.6. The Labute approximate surface area is 281 Å². The predicted molar refractivity (Wildman–Crippen MR) is 177 cm³/mol. The first-order chi connectivity index (χ1) is 22.0. The maximum absolute atomic E-state index is 13.2. The summed E-state index contributed by atoms with van der Waals surface area (Å²) in [5.74, 6) is -1.14.